The minimum absolute atomic E-state index is 0.0405. The van der Waals surface area contributed by atoms with Crippen molar-refractivity contribution < 1.29 is 13.9 Å². The molecule has 3 rings (SSSR count). The van der Waals surface area contributed by atoms with E-state index in [2.05, 4.69) is 27.7 Å². The van der Waals surface area contributed by atoms with Crippen molar-refractivity contribution >= 4 is 22.6 Å². The predicted molar refractivity (Wildman–Crippen MR) is 85.7 cm³/mol. The van der Waals surface area contributed by atoms with Gasteiger partial charge in [0.2, 0.25) is 0 Å². The van der Waals surface area contributed by atoms with Crippen LogP contribution in [0.4, 0.5) is 4.39 Å². The molecule has 0 N–H and O–H groups in total. The Morgan fingerprint density at radius 2 is 2.29 bits per heavy atom. The summed E-state index contributed by atoms with van der Waals surface area (Å²) >= 11 is 2.06. The van der Waals surface area contributed by atoms with Gasteiger partial charge in [0.15, 0.2) is 0 Å². The van der Waals surface area contributed by atoms with Crippen molar-refractivity contribution in [3.63, 3.8) is 0 Å². The van der Waals surface area contributed by atoms with E-state index in [0.717, 1.165) is 35.0 Å². The Kier molecular flexibility index (Phi) is 4.44. The molecule has 1 aliphatic rings. The van der Waals surface area contributed by atoms with Gasteiger partial charge in [0.25, 0.3) is 0 Å². The Balaban J connectivity index is 1.92. The lowest BCUT2D eigenvalue weighted by Gasteiger charge is -2.22. The normalized spacial score (nSPS) is 18.7. The molecule has 0 amide bonds. The summed E-state index contributed by atoms with van der Waals surface area (Å²) in [5.74, 6) is 0.387. The Labute approximate surface area is 136 Å². The summed E-state index contributed by atoms with van der Waals surface area (Å²) in [5.41, 5.74) is 1.23. The van der Waals surface area contributed by atoms with Crippen molar-refractivity contribution in [2.75, 3.05) is 13.7 Å². The van der Waals surface area contributed by atoms with Gasteiger partial charge in [-0.05, 0) is 54.0 Å². The molecule has 1 aromatic carbocycles. The van der Waals surface area contributed by atoms with E-state index in [-0.39, 0.29) is 12.0 Å². The molecule has 6 heteroatoms. The third-order valence-electron chi connectivity index (χ3n) is 3.60. The second-order valence-electron chi connectivity index (χ2n) is 5.00. The van der Waals surface area contributed by atoms with Crippen molar-refractivity contribution in [2.45, 2.75) is 25.5 Å². The number of ether oxygens (including phenoxy) is 2. The molecule has 1 aromatic heterocycles. The zero-order chi connectivity index (χ0) is 14.8. The molecule has 1 unspecified atom stereocenters. The fourth-order valence-corrected chi connectivity index (χ4v) is 3.12. The first-order valence-electron chi connectivity index (χ1n) is 6.88. The number of benzene rings is 1. The highest BCUT2D eigenvalue weighted by molar-refractivity contribution is 14.1. The largest absolute Gasteiger partial charge is 0.496 e. The van der Waals surface area contributed by atoms with Crippen molar-refractivity contribution in [1.82, 2.24) is 9.78 Å². The molecule has 1 saturated heterocycles. The molecule has 21 heavy (non-hydrogen) atoms. The minimum Gasteiger partial charge on any atom is -0.496 e. The molecule has 0 saturated carbocycles. The Hall–Kier alpha value is -1.15. The van der Waals surface area contributed by atoms with Crippen LogP contribution in [-0.4, -0.2) is 23.5 Å². The van der Waals surface area contributed by atoms with Gasteiger partial charge in [-0.3, -0.25) is 0 Å². The Bertz CT molecular complexity index is 639. The van der Waals surface area contributed by atoms with E-state index in [4.69, 9.17) is 9.47 Å². The van der Waals surface area contributed by atoms with Crippen molar-refractivity contribution in [3.8, 4) is 16.9 Å². The van der Waals surface area contributed by atoms with Gasteiger partial charge in [0.05, 0.1) is 16.9 Å². The molecule has 2 aromatic rings. The fourth-order valence-electron chi connectivity index (χ4n) is 2.47. The second kappa shape index (κ2) is 6.31. The SMILES string of the molecule is COc1cc(-c2cnn(C3CCCCO3)c2)c(F)cc1I. The number of nitrogens with zero attached hydrogens (tertiary/aromatic N) is 2. The quantitative estimate of drug-likeness (QED) is 0.729. The van der Waals surface area contributed by atoms with E-state index in [1.165, 1.54) is 6.07 Å². The van der Waals surface area contributed by atoms with Gasteiger partial charge in [-0.1, -0.05) is 0 Å². The lowest BCUT2D eigenvalue weighted by atomic mass is 10.1. The van der Waals surface area contributed by atoms with Crippen LogP contribution >= 0.6 is 22.6 Å². The fraction of sp³-hybridized carbons (Fsp3) is 0.400. The molecule has 0 aliphatic carbocycles. The number of aromatic nitrogens is 2. The first-order valence-corrected chi connectivity index (χ1v) is 7.96. The number of halogens is 2. The van der Waals surface area contributed by atoms with E-state index in [1.807, 2.05) is 6.20 Å². The number of rotatable bonds is 3. The van der Waals surface area contributed by atoms with Crippen molar-refractivity contribution in [2.24, 2.45) is 0 Å². The van der Waals surface area contributed by atoms with Gasteiger partial charge in [0.1, 0.15) is 17.8 Å². The predicted octanol–water partition coefficient (Wildman–Crippen LogP) is 4.00. The maximum Gasteiger partial charge on any atom is 0.150 e. The number of hydrogen-bond acceptors (Lipinski definition) is 3. The van der Waals surface area contributed by atoms with Crippen molar-refractivity contribution in [3.05, 3.63) is 33.9 Å². The molecular weight excluding hydrogens is 386 g/mol. The number of hydrogen-bond donors (Lipinski definition) is 0. The zero-order valence-corrected chi connectivity index (χ0v) is 13.8. The minimum atomic E-state index is -0.274. The van der Waals surface area contributed by atoms with Crippen LogP contribution in [0.2, 0.25) is 0 Å². The van der Waals surface area contributed by atoms with Gasteiger partial charge >= 0.3 is 0 Å². The van der Waals surface area contributed by atoms with Crippen LogP contribution in [0.15, 0.2) is 24.5 Å². The van der Waals surface area contributed by atoms with E-state index < -0.39 is 0 Å². The monoisotopic (exact) mass is 402 g/mol. The third-order valence-corrected chi connectivity index (χ3v) is 4.45. The van der Waals surface area contributed by atoms with E-state index in [1.54, 1.807) is 24.1 Å². The van der Waals surface area contributed by atoms with Crippen LogP contribution in [0.25, 0.3) is 11.1 Å². The van der Waals surface area contributed by atoms with Gasteiger partial charge in [-0.15, -0.1) is 0 Å². The average molecular weight is 402 g/mol. The van der Waals surface area contributed by atoms with Crippen LogP contribution in [-0.2, 0) is 4.74 Å². The summed E-state index contributed by atoms with van der Waals surface area (Å²) in [6, 6.07) is 3.18. The van der Waals surface area contributed by atoms with Crippen LogP contribution in [0, 0.1) is 9.39 Å². The highest BCUT2D eigenvalue weighted by Gasteiger charge is 2.18. The average Bonchev–Trinajstić information content (AvgIpc) is 2.98. The summed E-state index contributed by atoms with van der Waals surface area (Å²) in [6.45, 7) is 0.756. The van der Waals surface area contributed by atoms with Crippen molar-refractivity contribution in [1.29, 1.82) is 0 Å². The van der Waals surface area contributed by atoms with Crippen LogP contribution < -0.4 is 4.74 Å². The highest BCUT2D eigenvalue weighted by atomic mass is 127. The van der Waals surface area contributed by atoms with Gasteiger partial charge < -0.3 is 9.47 Å². The van der Waals surface area contributed by atoms with E-state index in [0.29, 0.717) is 11.3 Å². The molecule has 112 valence electrons. The summed E-state index contributed by atoms with van der Waals surface area (Å²) in [7, 11) is 1.58. The smallest absolute Gasteiger partial charge is 0.150 e. The molecule has 0 radical (unpaired) electrons. The standard InChI is InChI=1S/C15H16FIN2O2/c1-20-14-6-11(12(16)7-13(14)17)10-8-18-19(9-10)15-4-2-3-5-21-15/h6-9,15H,2-5H2,1H3. The molecular formula is C15H16FIN2O2. The Morgan fingerprint density at radius 1 is 1.43 bits per heavy atom. The van der Waals surface area contributed by atoms with Crippen LogP contribution in [0.5, 0.6) is 5.75 Å². The summed E-state index contributed by atoms with van der Waals surface area (Å²) < 4.78 is 27.6. The molecule has 1 aliphatic heterocycles. The van der Waals surface area contributed by atoms with Crippen LogP contribution in [0.1, 0.15) is 25.5 Å². The number of methoxy groups -OCH3 is 1. The second-order valence-corrected chi connectivity index (χ2v) is 6.16. The molecule has 1 fully saturated rings. The maximum atomic E-state index is 14.2. The molecule has 2 heterocycles. The molecule has 0 bridgehead atoms. The highest BCUT2D eigenvalue weighted by Crippen LogP contribution is 2.32. The third kappa shape index (κ3) is 3.06. The molecule has 1 atom stereocenters. The summed E-state index contributed by atoms with van der Waals surface area (Å²) in [5, 5.41) is 4.32. The summed E-state index contributed by atoms with van der Waals surface area (Å²) in [6.07, 6.45) is 6.63. The topological polar surface area (TPSA) is 36.3 Å². The lowest BCUT2D eigenvalue weighted by Crippen LogP contribution is -2.18. The van der Waals surface area contributed by atoms with E-state index in [9.17, 15) is 4.39 Å². The van der Waals surface area contributed by atoms with Gasteiger partial charge in [-0.2, -0.15) is 5.10 Å². The maximum absolute atomic E-state index is 14.2. The van der Waals surface area contributed by atoms with E-state index >= 15 is 0 Å². The zero-order valence-electron chi connectivity index (χ0n) is 11.7. The first-order chi connectivity index (χ1) is 10.2. The lowest BCUT2D eigenvalue weighted by molar-refractivity contribution is -0.0394. The Morgan fingerprint density at radius 3 is 3.00 bits per heavy atom. The molecule has 0 spiro atoms. The first kappa shape index (κ1) is 14.8. The summed E-state index contributed by atoms with van der Waals surface area (Å²) in [4.78, 5) is 0. The van der Waals surface area contributed by atoms with Crippen LogP contribution in [0.3, 0.4) is 0 Å². The van der Waals surface area contributed by atoms with Gasteiger partial charge in [-0.25, -0.2) is 9.07 Å². The molecule has 4 nitrogen and oxygen atoms in total. The van der Waals surface area contributed by atoms with Gasteiger partial charge in [0, 0.05) is 23.9 Å².